The lowest BCUT2D eigenvalue weighted by Gasteiger charge is -2.40. The van der Waals surface area contributed by atoms with Gasteiger partial charge >= 0.3 is 0 Å². The van der Waals surface area contributed by atoms with E-state index in [1.54, 1.807) is 6.07 Å². The Balaban J connectivity index is 1.19. The summed E-state index contributed by atoms with van der Waals surface area (Å²) < 4.78 is 33.4. The van der Waals surface area contributed by atoms with Gasteiger partial charge in [-0.2, -0.15) is 0 Å². The van der Waals surface area contributed by atoms with Crippen LogP contribution in [0.2, 0.25) is 0 Å². The molecule has 2 saturated heterocycles. The minimum atomic E-state index is -3.65. The molecule has 2 N–H and O–H groups in total. The molecule has 206 valence electrons. The highest BCUT2D eigenvalue weighted by atomic mass is 32.2. The second kappa shape index (κ2) is 8.88. The van der Waals surface area contributed by atoms with Crippen LogP contribution in [0.5, 0.6) is 0 Å². The first-order valence-electron chi connectivity index (χ1n) is 13.7. The molecule has 4 fully saturated rings. The summed E-state index contributed by atoms with van der Waals surface area (Å²) in [5.74, 6) is 1.02. The Hall–Kier alpha value is -3.25. The Bertz CT molecular complexity index is 1510. The summed E-state index contributed by atoms with van der Waals surface area (Å²) in [6.45, 7) is 5.26. The highest BCUT2D eigenvalue weighted by Gasteiger charge is 2.53. The second-order valence-corrected chi connectivity index (χ2v) is 13.7. The Morgan fingerprint density at radius 3 is 2.36 bits per heavy atom. The van der Waals surface area contributed by atoms with Crippen LogP contribution in [0.25, 0.3) is 23.0 Å². The Morgan fingerprint density at radius 2 is 1.67 bits per heavy atom. The van der Waals surface area contributed by atoms with Gasteiger partial charge in [0.1, 0.15) is 5.69 Å². The third-order valence-electron chi connectivity index (χ3n) is 8.76. The van der Waals surface area contributed by atoms with Crippen LogP contribution in [0.1, 0.15) is 44.2 Å². The molecule has 4 aliphatic rings. The maximum atomic E-state index is 12.3. The Kier molecular flexibility index (Phi) is 5.64. The van der Waals surface area contributed by atoms with Crippen LogP contribution in [0.15, 0.2) is 28.7 Å². The van der Waals surface area contributed by atoms with Gasteiger partial charge in [-0.1, -0.05) is 0 Å². The predicted octanol–water partition coefficient (Wildman–Crippen LogP) is 3.22. The quantitative estimate of drug-likeness (QED) is 0.429. The van der Waals surface area contributed by atoms with Crippen molar-refractivity contribution in [2.24, 2.45) is 10.8 Å². The van der Waals surface area contributed by atoms with Crippen molar-refractivity contribution in [1.29, 1.82) is 0 Å². The molecule has 2 aliphatic heterocycles. The molecule has 39 heavy (non-hydrogen) atoms. The zero-order valence-electron chi connectivity index (χ0n) is 22.1. The van der Waals surface area contributed by atoms with Gasteiger partial charge in [-0.05, 0) is 75.1 Å². The van der Waals surface area contributed by atoms with Crippen molar-refractivity contribution in [3.05, 3.63) is 30.0 Å². The second-order valence-electron chi connectivity index (χ2n) is 11.8. The van der Waals surface area contributed by atoms with Crippen molar-refractivity contribution < 1.29 is 17.9 Å². The SMILES string of the molecule is Cc1cc(-c2nnc(-c3ccc(NS(=O)(=O)CCO)cc3N3CCC4(CC3)CC4)o2)nc(N2CC3(CC3)C2)n1. The standard InChI is InChI=1S/C27H33N7O4S/c1-18-14-21(29-25(28-18)34-16-27(17-34)6-7-27)24-31-30-23(38-24)20-3-2-19(32-39(36,37)13-12-35)15-22(20)33-10-8-26(4-5-26)9-11-33/h2-3,14-15,32,35H,4-13,16-17H2,1H3. The summed E-state index contributed by atoms with van der Waals surface area (Å²) in [4.78, 5) is 13.9. The van der Waals surface area contributed by atoms with E-state index in [1.807, 2.05) is 25.1 Å². The van der Waals surface area contributed by atoms with Gasteiger partial charge in [-0.25, -0.2) is 18.4 Å². The van der Waals surface area contributed by atoms with Crippen LogP contribution in [-0.4, -0.2) is 72.2 Å². The number of benzene rings is 1. The number of aryl methyl sites for hydroxylation is 1. The fourth-order valence-corrected chi connectivity index (χ4v) is 6.75. The van der Waals surface area contributed by atoms with Gasteiger partial charge in [0, 0.05) is 37.3 Å². The Labute approximate surface area is 227 Å². The normalized spacial score (nSPS) is 20.8. The first-order valence-corrected chi connectivity index (χ1v) is 15.4. The molecule has 1 aromatic carbocycles. The number of hydrogen-bond acceptors (Lipinski definition) is 10. The smallest absolute Gasteiger partial charge is 0.266 e. The third-order valence-corrected chi connectivity index (χ3v) is 10.0. The lowest BCUT2D eigenvalue weighted by molar-refractivity contribution is 0.320. The van der Waals surface area contributed by atoms with E-state index in [0.717, 1.165) is 56.0 Å². The average Bonchev–Trinajstić information content (AvgIpc) is 3.79. The van der Waals surface area contributed by atoms with Crippen molar-refractivity contribution >= 4 is 27.3 Å². The van der Waals surface area contributed by atoms with Gasteiger partial charge in [0.05, 0.1) is 29.3 Å². The maximum Gasteiger partial charge on any atom is 0.266 e. The molecule has 3 aromatic rings. The molecule has 11 nitrogen and oxygen atoms in total. The van der Waals surface area contributed by atoms with E-state index in [-0.39, 0.29) is 5.75 Å². The number of anilines is 3. The van der Waals surface area contributed by atoms with E-state index in [9.17, 15) is 8.42 Å². The fraction of sp³-hybridized carbons (Fsp3) is 0.556. The molecular formula is C27H33N7O4S. The van der Waals surface area contributed by atoms with E-state index >= 15 is 0 Å². The summed E-state index contributed by atoms with van der Waals surface area (Å²) in [7, 11) is -3.65. The van der Waals surface area contributed by atoms with Gasteiger partial charge in [0.25, 0.3) is 5.89 Å². The van der Waals surface area contributed by atoms with E-state index in [4.69, 9.17) is 14.5 Å². The minimum absolute atomic E-state index is 0.327. The zero-order valence-corrected chi connectivity index (χ0v) is 22.9. The van der Waals surface area contributed by atoms with Crippen LogP contribution in [-0.2, 0) is 10.0 Å². The van der Waals surface area contributed by atoms with Gasteiger partial charge < -0.3 is 19.3 Å². The molecule has 2 saturated carbocycles. The highest BCUT2D eigenvalue weighted by Crippen LogP contribution is 2.55. The van der Waals surface area contributed by atoms with Crippen molar-refractivity contribution in [3.63, 3.8) is 0 Å². The molecule has 7 rings (SSSR count). The molecule has 0 amide bonds. The number of nitrogens with one attached hydrogen (secondary N) is 1. The van der Waals surface area contributed by atoms with Crippen molar-refractivity contribution in [2.45, 2.75) is 45.4 Å². The first kappa shape index (κ1) is 24.8. The monoisotopic (exact) mass is 551 g/mol. The van der Waals surface area contributed by atoms with Crippen LogP contribution in [0.4, 0.5) is 17.3 Å². The topological polar surface area (TPSA) is 138 Å². The number of nitrogens with zero attached hydrogens (tertiary/aromatic N) is 6. The van der Waals surface area contributed by atoms with E-state index in [0.29, 0.717) is 39.9 Å². The summed E-state index contributed by atoms with van der Waals surface area (Å²) in [6.07, 6.45) is 7.39. The van der Waals surface area contributed by atoms with Crippen LogP contribution in [0.3, 0.4) is 0 Å². The number of rotatable bonds is 8. The van der Waals surface area contributed by atoms with Gasteiger partial charge in [-0.15, -0.1) is 10.2 Å². The highest BCUT2D eigenvalue weighted by molar-refractivity contribution is 7.92. The van der Waals surface area contributed by atoms with E-state index in [2.05, 4.69) is 29.7 Å². The van der Waals surface area contributed by atoms with Gasteiger partial charge in [-0.3, -0.25) is 4.72 Å². The molecule has 0 radical (unpaired) electrons. The van der Waals surface area contributed by atoms with E-state index in [1.165, 1.54) is 25.7 Å². The van der Waals surface area contributed by atoms with Gasteiger partial charge in [0.15, 0.2) is 0 Å². The van der Waals surface area contributed by atoms with Gasteiger partial charge in [0.2, 0.25) is 21.9 Å². The number of hydrogen-bond donors (Lipinski definition) is 2. The zero-order chi connectivity index (χ0) is 26.8. The molecule has 0 unspecified atom stereocenters. The van der Waals surface area contributed by atoms with Crippen molar-refractivity contribution in [1.82, 2.24) is 20.2 Å². The lowest BCUT2D eigenvalue weighted by atomic mass is 9.93. The number of aromatic nitrogens is 4. The fourth-order valence-electron chi connectivity index (χ4n) is 5.92. The molecule has 0 atom stereocenters. The van der Waals surface area contributed by atoms with Crippen LogP contribution in [0, 0.1) is 17.8 Å². The largest absolute Gasteiger partial charge is 0.415 e. The first-order chi connectivity index (χ1) is 18.7. The molecule has 2 spiro atoms. The Morgan fingerprint density at radius 1 is 0.949 bits per heavy atom. The summed E-state index contributed by atoms with van der Waals surface area (Å²) >= 11 is 0. The number of aliphatic hydroxyl groups is 1. The summed E-state index contributed by atoms with van der Waals surface area (Å²) in [6, 6.07) is 7.18. The van der Waals surface area contributed by atoms with Crippen molar-refractivity contribution in [3.8, 4) is 23.0 Å². The molecular weight excluding hydrogens is 518 g/mol. The molecule has 2 aliphatic carbocycles. The predicted molar refractivity (Wildman–Crippen MR) is 147 cm³/mol. The van der Waals surface area contributed by atoms with E-state index < -0.39 is 16.6 Å². The van der Waals surface area contributed by atoms with Crippen molar-refractivity contribution in [2.75, 3.05) is 53.1 Å². The average molecular weight is 552 g/mol. The third kappa shape index (κ3) is 4.84. The van der Waals surface area contributed by atoms with Crippen LogP contribution < -0.4 is 14.5 Å². The molecule has 4 heterocycles. The molecule has 0 bridgehead atoms. The summed E-state index contributed by atoms with van der Waals surface area (Å²) in [5.41, 5.74) is 4.45. The number of aliphatic hydroxyl groups excluding tert-OH is 1. The van der Waals surface area contributed by atoms with Crippen LogP contribution >= 0.6 is 0 Å². The number of piperidine rings is 1. The number of sulfonamides is 1. The minimum Gasteiger partial charge on any atom is -0.415 e. The molecule has 12 heteroatoms. The summed E-state index contributed by atoms with van der Waals surface area (Å²) in [5, 5.41) is 17.8. The lowest BCUT2D eigenvalue weighted by Crippen LogP contribution is -2.49. The molecule has 2 aromatic heterocycles. The maximum absolute atomic E-state index is 12.3.